The molecule has 2 N–H and O–H groups in total. The topological polar surface area (TPSA) is 101 Å². The number of carbonyl (C=O) groups excluding carboxylic acids is 3. The van der Waals surface area contributed by atoms with Crippen LogP contribution in [0.4, 0.5) is 5.69 Å². The summed E-state index contributed by atoms with van der Waals surface area (Å²) < 4.78 is 0. The number of ketones is 1. The molecule has 0 aliphatic carbocycles. The van der Waals surface area contributed by atoms with Crippen LogP contribution in [0.3, 0.4) is 0 Å². The van der Waals surface area contributed by atoms with Crippen molar-refractivity contribution in [3.05, 3.63) is 70.7 Å². The maximum atomic E-state index is 12.4. The molecular formula is C21H20N4O3. The lowest BCUT2D eigenvalue weighted by molar-refractivity contribution is -0.118. The number of aliphatic imine (C=N–C) groups is 1. The van der Waals surface area contributed by atoms with Gasteiger partial charge in [-0.1, -0.05) is 18.2 Å². The molecule has 28 heavy (non-hydrogen) atoms. The third-order valence-electron chi connectivity index (χ3n) is 4.37. The Balaban J connectivity index is 1.66. The van der Waals surface area contributed by atoms with E-state index in [2.05, 4.69) is 20.6 Å². The Kier molecular flexibility index (Phi) is 5.74. The summed E-state index contributed by atoms with van der Waals surface area (Å²) in [6, 6.07) is 10.7. The number of benzene rings is 1. The summed E-state index contributed by atoms with van der Waals surface area (Å²) in [5, 5.41) is 5.23. The molecule has 0 atom stereocenters. The Morgan fingerprint density at radius 3 is 2.50 bits per heavy atom. The first kappa shape index (κ1) is 19.2. The highest BCUT2D eigenvalue weighted by Crippen LogP contribution is 2.19. The number of hydrogen-bond donors (Lipinski definition) is 2. The van der Waals surface area contributed by atoms with Crippen LogP contribution in [-0.4, -0.2) is 35.8 Å². The highest BCUT2D eigenvalue weighted by molar-refractivity contribution is 6.13. The van der Waals surface area contributed by atoms with Crippen molar-refractivity contribution in [2.75, 3.05) is 12.4 Å². The van der Waals surface area contributed by atoms with Crippen LogP contribution >= 0.6 is 0 Å². The molecule has 2 heterocycles. The number of carbonyl (C=O) groups is 3. The fourth-order valence-electron chi connectivity index (χ4n) is 2.88. The third kappa shape index (κ3) is 4.20. The Bertz CT molecular complexity index is 991. The Morgan fingerprint density at radius 2 is 1.82 bits per heavy atom. The minimum absolute atomic E-state index is 0.0571. The Morgan fingerprint density at radius 1 is 1.07 bits per heavy atom. The zero-order valence-corrected chi connectivity index (χ0v) is 15.7. The van der Waals surface area contributed by atoms with E-state index in [-0.39, 0.29) is 23.8 Å². The predicted molar refractivity (Wildman–Crippen MR) is 106 cm³/mol. The number of pyridine rings is 1. The maximum absolute atomic E-state index is 12.4. The van der Waals surface area contributed by atoms with E-state index in [1.165, 1.54) is 13.3 Å². The van der Waals surface area contributed by atoms with Gasteiger partial charge in [-0.15, -0.1) is 0 Å². The second kappa shape index (κ2) is 8.39. The number of Topliss-reactive ketones (excluding diaryl/α,β-unsaturated/α-hetero) is 1. The Labute approximate surface area is 162 Å². The molecule has 7 nitrogen and oxygen atoms in total. The van der Waals surface area contributed by atoms with Gasteiger partial charge in [0.2, 0.25) is 0 Å². The van der Waals surface area contributed by atoms with Gasteiger partial charge in [-0.2, -0.15) is 0 Å². The van der Waals surface area contributed by atoms with E-state index in [0.717, 1.165) is 11.1 Å². The van der Waals surface area contributed by atoms with Crippen molar-refractivity contribution in [3.63, 3.8) is 0 Å². The van der Waals surface area contributed by atoms with Gasteiger partial charge in [-0.3, -0.25) is 24.4 Å². The second-order valence-electron chi connectivity index (χ2n) is 6.34. The smallest absolute Gasteiger partial charge is 0.270 e. The van der Waals surface area contributed by atoms with Crippen molar-refractivity contribution >= 4 is 29.5 Å². The first-order valence-corrected chi connectivity index (χ1v) is 8.82. The van der Waals surface area contributed by atoms with Gasteiger partial charge in [-0.25, -0.2) is 0 Å². The van der Waals surface area contributed by atoms with Crippen LogP contribution in [0.15, 0.2) is 58.9 Å². The van der Waals surface area contributed by atoms with Crippen LogP contribution in [0.1, 0.15) is 28.0 Å². The van der Waals surface area contributed by atoms with Gasteiger partial charge < -0.3 is 10.6 Å². The van der Waals surface area contributed by atoms with Crippen LogP contribution in [0.25, 0.3) is 0 Å². The van der Waals surface area contributed by atoms with Crippen LogP contribution in [-0.2, 0) is 16.0 Å². The van der Waals surface area contributed by atoms with Gasteiger partial charge in [-0.05, 0) is 36.2 Å². The molecule has 1 aromatic heterocycles. The molecule has 0 fully saturated rings. The summed E-state index contributed by atoms with van der Waals surface area (Å²) in [4.78, 5) is 44.7. The second-order valence-corrected chi connectivity index (χ2v) is 6.34. The molecule has 1 aliphatic rings. The van der Waals surface area contributed by atoms with E-state index in [9.17, 15) is 14.4 Å². The lowest BCUT2D eigenvalue weighted by Gasteiger charge is -2.08. The fraction of sp³-hybridized carbons (Fsp3) is 0.190. The quantitative estimate of drug-likeness (QED) is 0.755. The molecule has 0 spiro atoms. The van der Waals surface area contributed by atoms with Crippen LogP contribution < -0.4 is 10.6 Å². The molecule has 2 aromatic rings. The lowest BCUT2D eigenvalue weighted by Crippen LogP contribution is -2.23. The third-order valence-corrected chi connectivity index (χ3v) is 4.37. The molecule has 2 amide bonds. The Hall–Kier alpha value is -3.61. The first-order valence-electron chi connectivity index (χ1n) is 8.82. The average molecular weight is 376 g/mol. The zero-order chi connectivity index (χ0) is 20.1. The summed E-state index contributed by atoms with van der Waals surface area (Å²) >= 11 is 0. The lowest BCUT2D eigenvalue weighted by atomic mass is 10.0. The summed E-state index contributed by atoms with van der Waals surface area (Å²) in [6.07, 6.45) is 3.68. The molecule has 0 radical (unpaired) electrons. The summed E-state index contributed by atoms with van der Waals surface area (Å²) in [6.45, 7) is 1.85. The average Bonchev–Trinajstić information content (AvgIpc) is 3.19. The minimum atomic E-state index is -0.391. The molecule has 0 saturated carbocycles. The van der Waals surface area contributed by atoms with Gasteiger partial charge in [0.05, 0.1) is 5.57 Å². The van der Waals surface area contributed by atoms with Crippen molar-refractivity contribution in [2.24, 2.45) is 4.99 Å². The van der Waals surface area contributed by atoms with Gasteiger partial charge in [0.25, 0.3) is 11.8 Å². The number of rotatable bonds is 6. The van der Waals surface area contributed by atoms with Gasteiger partial charge in [0.1, 0.15) is 11.4 Å². The standard InChI is InChI=1S/C21H20N4O3/c1-13-4-3-10-23-18(13)17(26)12-14-5-7-15(8-6-14)25-20(27)16-9-11-24-19(16)21(28)22-2/h3-8,10-11H,9,12H2,1-2H3,(H,22,28)(H,25,27). The number of nitrogens with one attached hydrogen (secondary N) is 2. The summed E-state index contributed by atoms with van der Waals surface area (Å²) in [7, 11) is 1.49. The number of anilines is 1. The fourth-order valence-corrected chi connectivity index (χ4v) is 2.88. The normalized spacial score (nSPS) is 12.8. The van der Waals surface area contributed by atoms with Crippen molar-refractivity contribution < 1.29 is 14.4 Å². The van der Waals surface area contributed by atoms with E-state index in [1.807, 2.05) is 13.0 Å². The van der Waals surface area contributed by atoms with Gasteiger partial charge >= 0.3 is 0 Å². The molecule has 1 aromatic carbocycles. The number of amides is 2. The number of aromatic nitrogens is 1. The molecule has 3 rings (SSSR count). The molecule has 1 aliphatic heterocycles. The van der Waals surface area contributed by atoms with Crippen LogP contribution in [0.2, 0.25) is 0 Å². The molecule has 0 saturated heterocycles. The van der Waals surface area contributed by atoms with Crippen molar-refractivity contribution in [1.29, 1.82) is 0 Å². The highest BCUT2D eigenvalue weighted by atomic mass is 16.2. The molecule has 0 unspecified atom stereocenters. The first-order chi connectivity index (χ1) is 13.5. The molecule has 7 heteroatoms. The SMILES string of the molecule is CNC(=O)C1=C(C(=O)Nc2ccc(CC(=O)c3ncccc3C)cc2)CC=N1. The van der Waals surface area contributed by atoms with Crippen LogP contribution in [0.5, 0.6) is 0 Å². The van der Waals surface area contributed by atoms with E-state index in [4.69, 9.17) is 0 Å². The highest BCUT2D eigenvalue weighted by Gasteiger charge is 2.23. The van der Waals surface area contributed by atoms with Crippen molar-refractivity contribution in [3.8, 4) is 0 Å². The monoisotopic (exact) mass is 376 g/mol. The van der Waals surface area contributed by atoms with Crippen molar-refractivity contribution in [2.45, 2.75) is 19.8 Å². The minimum Gasteiger partial charge on any atom is -0.354 e. The number of likely N-dealkylation sites (N-methyl/N-ethyl adjacent to an activating group) is 1. The van der Waals surface area contributed by atoms with E-state index in [1.54, 1.807) is 36.5 Å². The van der Waals surface area contributed by atoms with Crippen molar-refractivity contribution in [1.82, 2.24) is 10.3 Å². The number of aryl methyl sites for hydroxylation is 1. The summed E-state index contributed by atoms with van der Waals surface area (Å²) in [5.41, 5.74) is 3.16. The van der Waals surface area contributed by atoms with E-state index in [0.29, 0.717) is 23.4 Å². The number of hydrogen-bond acceptors (Lipinski definition) is 5. The van der Waals surface area contributed by atoms with E-state index < -0.39 is 5.91 Å². The van der Waals surface area contributed by atoms with E-state index >= 15 is 0 Å². The molecule has 142 valence electrons. The van der Waals surface area contributed by atoms with Gasteiger partial charge in [0.15, 0.2) is 5.78 Å². The van der Waals surface area contributed by atoms with Gasteiger partial charge in [0, 0.05) is 38.0 Å². The number of nitrogens with zero attached hydrogens (tertiary/aromatic N) is 2. The molecule has 0 bridgehead atoms. The maximum Gasteiger partial charge on any atom is 0.270 e. The van der Waals surface area contributed by atoms with Crippen LogP contribution in [0, 0.1) is 6.92 Å². The largest absolute Gasteiger partial charge is 0.354 e. The predicted octanol–water partition coefficient (Wildman–Crippen LogP) is 2.23. The summed E-state index contributed by atoms with van der Waals surface area (Å²) in [5.74, 6) is -0.819. The zero-order valence-electron chi connectivity index (χ0n) is 15.7. The molecular weight excluding hydrogens is 356 g/mol.